The molecule has 0 radical (unpaired) electrons. The molecular weight excluding hydrogens is 392 g/mol. The Morgan fingerprint density at radius 1 is 0.931 bits per heavy atom. The van der Waals surface area contributed by atoms with Crippen LogP contribution in [0.3, 0.4) is 0 Å². The van der Waals surface area contributed by atoms with Crippen molar-refractivity contribution in [1.82, 2.24) is 10.6 Å². The highest BCUT2D eigenvalue weighted by Gasteiger charge is 2.27. The fourth-order valence-corrected chi connectivity index (χ4v) is 3.15. The van der Waals surface area contributed by atoms with Gasteiger partial charge in [-0.15, -0.1) is 0 Å². The van der Waals surface area contributed by atoms with Gasteiger partial charge in [0.05, 0.1) is 0 Å². The topological polar surface area (TPSA) is 105 Å². The number of amides is 2. The summed E-state index contributed by atoms with van der Waals surface area (Å²) in [6.45, 7) is 0.0754. The summed E-state index contributed by atoms with van der Waals surface area (Å²) in [7, 11) is 0. The zero-order valence-corrected chi connectivity index (χ0v) is 16.9. The van der Waals surface area contributed by atoms with Gasteiger partial charge in [-0.25, -0.2) is 9.59 Å². The number of rotatable bonds is 10. The van der Waals surface area contributed by atoms with Crippen LogP contribution < -0.4 is 10.6 Å². The van der Waals surface area contributed by atoms with E-state index >= 15 is 0 Å². The van der Waals surface area contributed by atoms with E-state index in [9.17, 15) is 19.5 Å². The molecule has 3 N–H and O–H groups in total. The number of ether oxygens (including phenoxy) is 1. The summed E-state index contributed by atoms with van der Waals surface area (Å²) in [6, 6.07) is 16.2. The number of hydrogen-bond acceptors (Lipinski definition) is 5. The highest BCUT2D eigenvalue weighted by molar-refractivity contribution is 7.98. The molecule has 2 atom stereocenters. The van der Waals surface area contributed by atoms with E-state index in [2.05, 4.69) is 10.6 Å². The minimum Gasteiger partial charge on any atom is -0.480 e. The number of benzene rings is 2. The molecule has 0 aliphatic carbocycles. The molecule has 0 spiro atoms. The monoisotopic (exact) mass is 416 g/mol. The predicted octanol–water partition coefficient (Wildman–Crippen LogP) is 2.46. The molecule has 0 bridgehead atoms. The normalized spacial score (nSPS) is 12.4. The SMILES string of the molecule is CSC[C@H](NC(=O)OCc1ccccc1)C(=O)N[C@@H](Cc1ccccc1)C(=O)O. The lowest BCUT2D eigenvalue weighted by molar-refractivity contribution is -0.142. The molecule has 2 aromatic carbocycles. The second kappa shape index (κ2) is 11.8. The predicted molar refractivity (Wildman–Crippen MR) is 112 cm³/mol. The van der Waals surface area contributed by atoms with E-state index < -0.39 is 30.1 Å². The van der Waals surface area contributed by atoms with E-state index in [4.69, 9.17) is 4.74 Å². The smallest absolute Gasteiger partial charge is 0.408 e. The third kappa shape index (κ3) is 7.87. The lowest BCUT2D eigenvalue weighted by Crippen LogP contribution is -2.53. The van der Waals surface area contributed by atoms with Crippen LogP contribution in [0.2, 0.25) is 0 Å². The van der Waals surface area contributed by atoms with E-state index in [1.807, 2.05) is 36.4 Å². The Balaban J connectivity index is 1.93. The maximum atomic E-state index is 12.6. The minimum absolute atomic E-state index is 0.0754. The van der Waals surface area contributed by atoms with Gasteiger partial charge in [0.15, 0.2) is 0 Å². The number of thioether (sulfide) groups is 1. The van der Waals surface area contributed by atoms with Crippen LogP contribution in [-0.2, 0) is 27.4 Å². The summed E-state index contributed by atoms with van der Waals surface area (Å²) >= 11 is 1.36. The van der Waals surface area contributed by atoms with Crippen LogP contribution in [0.5, 0.6) is 0 Å². The van der Waals surface area contributed by atoms with Crippen molar-refractivity contribution in [2.75, 3.05) is 12.0 Å². The van der Waals surface area contributed by atoms with E-state index in [1.165, 1.54) is 11.8 Å². The Hall–Kier alpha value is -3.00. The lowest BCUT2D eigenvalue weighted by atomic mass is 10.1. The fraction of sp³-hybridized carbons (Fsp3) is 0.286. The van der Waals surface area contributed by atoms with Gasteiger partial charge < -0.3 is 20.5 Å². The van der Waals surface area contributed by atoms with Crippen LogP contribution in [0.4, 0.5) is 4.79 Å². The van der Waals surface area contributed by atoms with Crippen molar-refractivity contribution in [2.24, 2.45) is 0 Å². The van der Waals surface area contributed by atoms with Gasteiger partial charge in [-0.3, -0.25) is 4.79 Å². The standard InChI is InChI=1S/C21H24N2O5S/c1-29-14-18(23-21(27)28-13-16-10-6-3-7-11-16)19(24)22-17(20(25)26)12-15-8-4-2-5-9-15/h2-11,17-18H,12-14H2,1H3,(H,22,24)(H,23,27)(H,25,26)/t17-,18-/m0/s1. The van der Waals surface area contributed by atoms with E-state index in [1.54, 1.807) is 30.5 Å². The molecule has 0 saturated carbocycles. The summed E-state index contributed by atoms with van der Waals surface area (Å²) in [6.07, 6.45) is 1.19. The largest absolute Gasteiger partial charge is 0.480 e. The second-order valence-electron chi connectivity index (χ2n) is 6.30. The first-order chi connectivity index (χ1) is 14.0. The fourth-order valence-electron chi connectivity index (χ4n) is 2.58. The van der Waals surface area contributed by atoms with E-state index in [-0.39, 0.29) is 18.8 Å². The molecule has 154 valence electrons. The first kappa shape index (κ1) is 22.3. The van der Waals surface area contributed by atoms with Crippen molar-refractivity contribution < 1.29 is 24.2 Å². The molecule has 29 heavy (non-hydrogen) atoms. The summed E-state index contributed by atoms with van der Waals surface area (Å²) in [5, 5.41) is 14.5. The average Bonchev–Trinajstić information content (AvgIpc) is 2.73. The summed E-state index contributed by atoms with van der Waals surface area (Å²) in [5.41, 5.74) is 1.61. The highest BCUT2D eigenvalue weighted by atomic mass is 32.2. The summed E-state index contributed by atoms with van der Waals surface area (Å²) < 4.78 is 5.15. The quantitative estimate of drug-likeness (QED) is 0.550. The Morgan fingerprint density at radius 2 is 1.52 bits per heavy atom. The van der Waals surface area contributed by atoms with Crippen LogP contribution >= 0.6 is 11.8 Å². The van der Waals surface area contributed by atoms with Gasteiger partial charge in [0.1, 0.15) is 18.7 Å². The van der Waals surface area contributed by atoms with E-state index in [0.29, 0.717) is 0 Å². The number of carboxylic acids is 1. The first-order valence-corrected chi connectivity index (χ1v) is 10.4. The zero-order chi connectivity index (χ0) is 21.1. The molecule has 0 saturated heterocycles. The third-order valence-corrected chi connectivity index (χ3v) is 4.72. The molecule has 0 unspecified atom stereocenters. The number of nitrogens with one attached hydrogen (secondary N) is 2. The Morgan fingerprint density at radius 3 is 2.07 bits per heavy atom. The van der Waals surface area contributed by atoms with Gasteiger partial charge in [0.2, 0.25) is 5.91 Å². The Bertz CT molecular complexity index is 801. The number of carboxylic acid groups (broad SMARTS) is 1. The maximum absolute atomic E-state index is 12.6. The molecular formula is C21H24N2O5S. The molecule has 2 rings (SSSR count). The van der Waals surface area contributed by atoms with Crippen molar-refractivity contribution in [3.8, 4) is 0 Å². The molecule has 0 heterocycles. The molecule has 0 aromatic heterocycles. The number of alkyl carbamates (subject to hydrolysis) is 1. The highest BCUT2D eigenvalue weighted by Crippen LogP contribution is 2.06. The van der Waals surface area contributed by atoms with Gasteiger partial charge in [-0.05, 0) is 17.4 Å². The number of carbonyl (C=O) groups excluding carboxylic acids is 2. The minimum atomic E-state index is -1.14. The maximum Gasteiger partial charge on any atom is 0.408 e. The van der Waals surface area contributed by atoms with Crippen LogP contribution in [0.15, 0.2) is 60.7 Å². The lowest BCUT2D eigenvalue weighted by Gasteiger charge is -2.21. The van der Waals surface area contributed by atoms with Crippen molar-refractivity contribution in [3.63, 3.8) is 0 Å². The Labute approximate surface area is 173 Å². The molecule has 0 aliphatic heterocycles. The van der Waals surface area contributed by atoms with Crippen molar-refractivity contribution in [3.05, 3.63) is 71.8 Å². The summed E-state index contributed by atoms with van der Waals surface area (Å²) in [5.74, 6) is -1.43. The first-order valence-electron chi connectivity index (χ1n) is 9.03. The van der Waals surface area contributed by atoms with Gasteiger partial charge in [0.25, 0.3) is 0 Å². The van der Waals surface area contributed by atoms with Crippen LogP contribution in [0.1, 0.15) is 11.1 Å². The molecule has 0 fully saturated rings. The average molecular weight is 416 g/mol. The van der Waals surface area contributed by atoms with Crippen molar-refractivity contribution in [2.45, 2.75) is 25.1 Å². The van der Waals surface area contributed by atoms with Gasteiger partial charge in [-0.2, -0.15) is 11.8 Å². The molecule has 8 heteroatoms. The van der Waals surface area contributed by atoms with Crippen LogP contribution in [-0.4, -0.2) is 47.2 Å². The molecule has 7 nitrogen and oxygen atoms in total. The third-order valence-electron chi connectivity index (χ3n) is 4.05. The van der Waals surface area contributed by atoms with Gasteiger partial charge >= 0.3 is 12.1 Å². The van der Waals surface area contributed by atoms with Crippen LogP contribution in [0, 0.1) is 0 Å². The van der Waals surface area contributed by atoms with Crippen molar-refractivity contribution >= 4 is 29.7 Å². The number of aliphatic carboxylic acids is 1. The Kier molecular flexibility index (Phi) is 9.04. The van der Waals surface area contributed by atoms with E-state index in [0.717, 1.165) is 11.1 Å². The van der Waals surface area contributed by atoms with Crippen LogP contribution in [0.25, 0.3) is 0 Å². The number of carbonyl (C=O) groups is 3. The zero-order valence-electron chi connectivity index (χ0n) is 16.0. The van der Waals surface area contributed by atoms with Gasteiger partial charge in [-0.1, -0.05) is 60.7 Å². The second-order valence-corrected chi connectivity index (χ2v) is 7.21. The van der Waals surface area contributed by atoms with Gasteiger partial charge in [0, 0.05) is 12.2 Å². The van der Waals surface area contributed by atoms with Crippen molar-refractivity contribution in [1.29, 1.82) is 0 Å². The molecule has 0 aliphatic rings. The summed E-state index contributed by atoms with van der Waals surface area (Å²) in [4.78, 5) is 36.2. The molecule has 2 aromatic rings. The number of hydrogen-bond donors (Lipinski definition) is 3. The molecule has 2 amide bonds.